The van der Waals surface area contributed by atoms with Crippen LogP contribution in [0, 0.1) is 0 Å². The van der Waals surface area contributed by atoms with Crippen LogP contribution in [0.4, 0.5) is 0 Å². The topological polar surface area (TPSA) is 97.4 Å². The summed E-state index contributed by atoms with van der Waals surface area (Å²) in [5.74, 6) is -1.43. The molecule has 0 aromatic heterocycles. The molecule has 0 saturated heterocycles. The van der Waals surface area contributed by atoms with Crippen molar-refractivity contribution >= 4 is 19.8 Å². The van der Waals surface area contributed by atoms with Crippen LogP contribution in [0.3, 0.4) is 0 Å². The number of benzene rings is 3. The van der Waals surface area contributed by atoms with Gasteiger partial charge in [-0.15, -0.1) is 0 Å². The van der Waals surface area contributed by atoms with Crippen molar-refractivity contribution in [1.29, 1.82) is 0 Å². The highest BCUT2D eigenvalue weighted by molar-refractivity contribution is 7.49. The van der Waals surface area contributed by atoms with Gasteiger partial charge in [0.25, 0.3) is 0 Å². The summed E-state index contributed by atoms with van der Waals surface area (Å²) in [7, 11) is -4.50. The zero-order valence-corrected chi connectivity index (χ0v) is 20.0. The summed E-state index contributed by atoms with van der Waals surface area (Å²) in [5.41, 5.74) is 0.320. The van der Waals surface area contributed by atoms with Crippen molar-refractivity contribution in [3.05, 3.63) is 103 Å². The van der Waals surface area contributed by atoms with E-state index >= 15 is 0 Å². The van der Waals surface area contributed by atoms with E-state index in [1.165, 1.54) is 38.1 Å². The van der Waals surface area contributed by atoms with E-state index in [2.05, 4.69) is 13.2 Å². The lowest BCUT2D eigenvalue weighted by Crippen LogP contribution is -2.13. The summed E-state index contributed by atoms with van der Waals surface area (Å²) < 4.78 is 41.4. The maximum absolute atomic E-state index is 13.9. The van der Waals surface area contributed by atoms with Crippen LogP contribution < -0.4 is 23.0 Å². The number of phosphoric acid groups is 1. The van der Waals surface area contributed by atoms with Gasteiger partial charge in [-0.2, -0.15) is 4.57 Å². The van der Waals surface area contributed by atoms with Crippen molar-refractivity contribution in [1.82, 2.24) is 0 Å². The second-order valence-electron chi connectivity index (χ2n) is 7.27. The van der Waals surface area contributed by atoms with Crippen LogP contribution in [0.15, 0.2) is 103 Å². The Bertz CT molecular complexity index is 1220. The number of hydrogen-bond donors (Lipinski definition) is 0. The van der Waals surface area contributed by atoms with Gasteiger partial charge in [0.05, 0.1) is 0 Å². The van der Waals surface area contributed by atoms with E-state index < -0.39 is 19.8 Å². The van der Waals surface area contributed by atoms with Crippen molar-refractivity contribution in [3.8, 4) is 28.7 Å². The number of hydrogen-bond acceptors (Lipinski definition) is 8. The predicted molar refractivity (Wildman–Crippen MR) is 130 cm³/mol. The first-order valence-corrected chi connectivity index (χ1v) is 11.8. The van der Waals surface area contributed by atoms with Crippen LogP contribution >= 0.6 is 7.82 Å². The second kappa shape index (κ2) is 11.2. The van der Waals surface area contributed by atoms with Gasteiger partial charge in [0.1, 0.15) is 5.75 Å². The summed E-state index contributed by atoms with van der Waals surface area (Å²) in [6, 6.07) is 20.3. The summed E-state index contributed by atoms with van der Waals surface area (Å²) >= 11 is 0. The third-order valence-corrected chi connectivity index (χ3v) is 5.46. The molecule has 0 N–H and O–H groups in total. The summed E-state index contributed by atoms with van der Waals surface area (Å²) in [4.78, 5) is 24.1. The maximum atomic E-state index is 13.9. The third-order valence-electron chi connectivity index (χ3n) is 4.18. The molecular formula is C26H23O8P. The monoisotopic (exact) mass is 494 g/mol. The highest BCUT2D eigenvalue weighted by atomic mass is 31.2. The van der Waals surface area contributed by atoms with Gasteiger partial charge in [0.2, 0.25) is 0 Å². The van der Waals surface area contributed by atoms with Crippen molar-refractivity contribution in [2.45, 2.75) is 13.8 Å². The molecule has 8 nitrogen and oxygen atoms in total. The average Bonchev–Trinajstić information content (AvgIpc) is 2.82. The van der Waals surface area contributed by atoms with Crippen molar-refractivity contribution in [3.63, 3.8) is 0 Å². The fourth-order valence-corrected chi connectivity index (χ4v) is 3.78. The minimum Gasteiger partial charge on any atom is -0.419 e. The van der Waals surface area contributed by atoms with Crippen LogP contribution in [-0.2, 0) is 14.2 Å². The Balaban J connectivity index is 1.98. The van der Waals surface area contributed by atoms with Gasteiger partial charge in [-0.3, -0.25) is 0 Å². The average molecular weight is 494 g/mol. The number of esters is 2. The Morgan fingerprint density at radius 1 is 0.600 bits per heavy atom. The second-order valence-corrected chi connectivity index (χ2v) is 8.71. The number of phosphoric ester groups is 1. The van der Waals surface area contributed by atoms with E-state index in [9.17, 15) is 14.2 Å². The van der Waals surface area contributed by atoms with Gasteiger partial charge in [-0.1, -0.05) is 55.6 Å². The first-order chi connectivity index (χ1) is 16.7. The molecule has 3 aromatic carbocycles. The molecule has 0 aliphatic carbocycles. The fourth-order valence-electron chi connectivity index (χ4n) is 2.50. The van der Waals surface area contributed by atoms with E-state index in [0.29, 0.717) is 0 Å². The highest BCUT2D eigenvalue weighted by Crippen LogP contribution is 2.53. The Morgan fingerprint density at radius 3 is 1.37 bits per heavy atom. The van der Waals surface area contributed by atoms with Gasteiger partial charge in [-0.25, -0.2) is 9.59 Å². The van der Waals surface area contributed by atoms with Crippen LogP contribution in [0.1, 0.15) is 13.8 Å². The summed E-state index contributed by atoms with van der Waals surface area (Å²) in [6.45, 7) is 10.1. The van der Waals surface area contributed by atoms with E-state index in [-0.39, 0.29) is 39.9 Å². The molecule has 0 atom stereocenters. The lowest BCUT2D eigenvalue weighted by atomic mass is 10.3. The van der Waals surface area contributed by atoms with E-state index in [4.69, 9.17) is 23.0 Å². The smallest absolute Gasteiger partial charge is 0.419 e. The zero-order valence-electron chi connectivity index (χ0n) is 19.1. The normalized spacial score (nSPS) is 10.6. The largest absolute Gasteiger partial charge is 0.647 e. The molecular weight excluding hydrogens is 471 g/mol. The molecule has 0 radical (unpaired) electrons. The van der Waals surface area contributed by atoms with Gasteiger partial charge in [0, 0.05) is 11.1 Å². The van der Waals surface area contributed by atoms with Crippen molar-refractivity contribution in [2.75, 3.05) is 0 Å². The Labute approximate surface area is 203 Å². The molecule has 35 heavy (non-hydrogen) atoms. The maximum Gasteiger partial charge on any atom is 0.647 e. The molecule has 0 aliphatic rings. The first kappa shape index (κ1) is 25.3. The number of ether oxygens (including phenoxy) is 2. The lowest BCUT2D eigenvalue weighted by Gasteiger charge is -2.21. The molecule has 0 spiro atoms. The molecule has 180 valence electrons. The Kier molecular flexibility index (Phi) is 8.12. The van der Waals surface area contributed by atoms with Crippen LogP contribution in [0.5, 0.6) is 28.7 Å². The summed E-state index contributed by atoms with van der Waals surface area (Å²) in [5, 5.41) is 0. The first-order valence-electron chi connectivity index (χ1n) is 10.3. The molecule has 0 heterocycles. The van der Waals surface area contributed by atoms with E-state index in [1.807, 2.05) is 0 Å². The molecule has 3 rings (SSSR count). The minimum atomic E-state index is -4.50. The molecule has 0 aliphatic heterocycles. The molecule has 0 amide bonds. The molecule has 0 unspecified atom stereocenters. The van der Waals surface area contributed by atoms with E-state index in [1.54, 1.807) is 54.6 Å². The Hall–Kier alpha value is -4.29. The predicted octanol–water partition coefficient (Wildman–Crippen LogP) is 6.29. The molecule has 3 aromatic rings. The van der Waals surface area contributed by atoms with E-state index in [0.717, 1.165) is 0 Å². The quantitative estimate of drug-likeness (QED) is 0.140. The number of carbonyl (C=O) groups excluding carboxylic acids is 2. The molecule has 9 heteroatoms. The SMILES string of the molecule is C=C(C)C(=O)Oc1ccccc1OP(=O)(Oc1ccccc1)Oc1ccccc1OC(=O)C(=C)C. The molecule has 0 bridgehead atoms. The lowest BCUT2D eigenvalue weighted by molar-refractivity contribution is -0.131. The number of para-hydroxylation sites is 5. The van der Waals surface area contributed by atoms with Crippen LogP contribution in [-0.4, -0.2) is 11.9 Å². The van der Waals surface area contributed by atoms with Gasteiger partial charge >= 0.3 is 19.8 Å². The number of rotatable bonds is 10. The standard InChI is InChI=1S/C26H23O8P/c1-18(2)25(27)30-21-14-8-10-16-23(21)33-35(29,32-20-12-6-5-7-13-20)34-24-17-11-9-15-22(24)31-26(28)19(3)4/h5-17H,1,3H2,2,4H3. The molecule has 0 fully saturated rings. The fraction of sp³-hybridized carbons (Fsp3) is 0.0769. The van der Waals surface area contributed by atoms with Gasteiger partial charge < -0.3 is 23.0 Å². The van der Waals surface area contributed by atoms with Gasteiger partial charge in [-0.05, 0) is 50.2 Å². The van der Waals surface area contributed by atoms with Crippen molar-refractivity contribution in [2.24, 2.45) is 0 Å². The molecule has 0 saturated carbocycles. The Morgan fingerprint density at radius 2 is 0.971 bits per heavy atom. The third kappa shape index (κ3) is 7.09. The summed E-state index contributed by atoms with van der Waals surface area (Å²) in [6.07, 6.45) is 0. The van der Waals surface area contributed by atoms with Gasteiger partial charge in [0.15, 0.2) is 23.0 Å². The number of carbonyl (C=O) groups is 2. The van der Waals surface area contributed by atoms with Crippen molar-refractivity contribution < 1.29 is 37.2 Å². The van der Waals surface area contributed by atoms with Crippen LogP contribution in [0.25, 0.3) is 0 Å². The van der Waals surface area contributed by atoms with Crippen LogP contribution in [0.2, 0.25) is 0 Å². The zero-order chi connectivity index (χ0) is 25.4. The minimum absolute atomic E-state index is 0.0250. The highest BCUT2D eigenvalue weighted by Gasteiger charge is 2.36.